The first-order valence-electron chi connectivity index (χ1n) is 3.13. The Morgan fingerprint density at radius 1 is 1.73 bits per heavy atom. The molecule has 0 aromatic carbocycles. The van der Waals surface area contributed by atoms with Crippen molar-refractivity contribution in [3.05, 3.63) is 34.0 Å². The van der Waals surface area contributed by atoms with Gasteiger partial charge >= 0.3 is 0 Å². The summed E-state index contributed by atoms with van der Waals surface area (Å²) in [6, 6.07) is 3.84. The highest BCUT2D eigenvalue weighted by atomic mass is 79.9. The van der Waals surface area contributed by atoms with E-state index in [0.29, 0.717) is 0 Å². The molecule has 1 aromatic rings. The van der Waals surface area contributed by atoms with Gasteiger partial charge in [-0.25, -0.2) is 4.98 Å². The second-order valence-corrected chi connectivity index (χ2v) is 3.10. The highest BCUT2D eigenvalue weighted by molar-refractivity contribution is 9.10. The van der Waals surface area contributed by atoms with E-state index in [9.17, 15) is 0 Å². The summed E-state index contributed by atoms with van der Waals surface area (Å²) in [5.41, 5.74) is 3.58. The van der Waals surface area contributed by atoms with Crippen molar-refractivity contribution in [3.8, 4) is 0 Å². The Kier molecular flexibility index (Phi) is 3.09. The van der Waals surface area contributed by atoms with Gasteiger partial charge < -0.3 is 0 Å². The fourth-order valence-electron chi connectivity index (χ4n) is 0.739. The van der Waals surface area contributed by atoms with Crippen molar-refractivity contribution in [1.29, 1.82) is 0 Å². The molecule has 0 bridgehead atoms. The summed E-state index contributed by atoms with van der Waals surface area (Å²) < 4.78 is 0.828. The summed E-state index contributed by atoms with van der Waals surface area (Å²) in [5.74, 6) is 0. The summed E-state index contributed by atoms with van der Waals surface area (Å²) in [5, 5.41) is 0. The zero-order valence-corrected chi connectivity index (χ0v) is 8.35. The highest BCUT2D eigenvalue weighted by Gasteiger charge is 1.99. The van der Waals surface area contributed by atoms with Gasteiger partial charge in [-0.2, -0.15) is 0 Å². The molecular weight excluding hydrogens is 225 g/mol. The quantitative estimate of drug-likeness (QED) is 0.676. The fraction of sp³-hybridized carbons (Fsp3) is 0.125. The number of nitrogens with zero attached hydrogens (tertiary/aromatic N) is 1. The van der Waals surface area contributed by atoms with Crippen LogP contribution in [0.3, 0.4) is 0 Å². The number of allylic oxidation sites excluding steroid dienone is 1. The van der Waals surface area contributed by atoms with Crippen molar-refractivity contribution in [2.75, 3.05) is 0 Å². The Hall–Kier alpha value is -0.340. The van der Waals surface area contributed by atoms with Crippen LogP contribution in [-0.4, -0.2) is 4.98 Å². The van der Waals surface area contributed by atoms with Crippen LogP contribution in [0.4, 0.5) is 0 Å². The van der Waals surface area contributed by atoms with Gasteiger partial charge in [-0.3, -0.25) is 0 Å². The molecule has 1 nitrogen and oxygen atoms in total. The normalized spacial score (nSPS) is 11.7. The Morgan fingerprint density at radius 3 is 3.00 bits per heavy atom. The van der Waals surface area contributed by atoms with Crippen LogP contribution in [-0.2, 0) is 0 Å². The molecular formula is C8H7BrClN. The predicted octanol–water partition coefficient (Wildman–Crippen LogP) is 3.44. The highest BCUT2D eigenvalue weighted by Crippen LogP contribution is 2.21. The molecule has 1 heterocycles. The lowest BCUT2D eigenvalue weighted by Crippen LogP contribution is -1.83. The molecule has 0 spiro atoms. The van der Waals surface area contributed by atoms with Crippen molar-refractivity contribution < 1.29 is 0 Å². The molecule has 0 saturated carbocycles. The van der Waals surface area contributed by atoms with Gasteiger partial charge in [0.15, 0.2) is 0 Å². The van der Waals surface area contributed by atoms with E-state index in [1.807, 2.05) is 19.1 Å². The maximum Gasteiger partial charge on any atom is 0.113 e. The molecule has 0 unspecified atom stereocenters. The number of halogens is 2. The van der Waals surface area contributed by atoms with Gasteiger partial charge in [0.1, 0.15) is 4.60 Å². The molecule has 11 heavy (non-hydrogen) atoms. The second kappa shape index (κ2) is 3.88. The third kappa shape index (κ3) is 2.04. The van der Waals surface area contributed by atoms with Crippen LogP contribution < -0.4 is 0 Å². The zero-order valence-electron chi connectivity index (χ0n) is 6.01. The molecule has 0 N–H and O–H groups in total. The number of hydrogen-bond donors (Lipinski definition) is 0. The molecule has 1 rings (SSSR count). The average molecular weight is 233 g/mol. The van der Waals surface area contributed by atoms with Crippen LogP contribution in [0.15, 0.2) is 28.5 Å². The van der Waals surface area contributed by atoms with Crippen molar-refractivity contribution in [3.63, 3.8) is 0 Å². The van der Waals surface area contributed by atoms with Gasteiger partial charge in [0, 0.05) is 17.3 Å². The first-order valence-corrected chi connectivity index (χ1v) is 4.36. The molecule has 0 amide bonds. The minimum Gasteiger partial charge on any atom is -0.249 e. The maximum absolute atomic E-state index is 5.55. The molecule has 58 valence electrons. The van der Waals surface area contributed by atoms with E-state index in [1.54, 1.807) is 11.7 Å². The molecule has 0 saturated heterocycles. The standard InChI is InChI=1S/C8H7BrClN/c1-6(5-10)7-3-2-4-11-8(7)9/h2-5H,1H3/b6-5-. The summed E-state index contributed by atoms with van der Waals surface area (Å²) in [6.07, 6.45) is 1.73. The molecule has 0 fully saturated rings. The number of hydrogen-bond acceptors (Lipinski definition) is 1. The van der Waals surface area contributed by atoms with Crippen molar-refractivity contribution in [1.82, 2.24) is 4.98 Å². The number of aromatic nitrogens is 1. The van der Waals surface area contributed by atoms with E-state index in [4.69, 9.17) is 11.6 Å². The largest absolute Gasteiger partial charge is 0.249 e. The molecule has 0 radical (unpaired) electrons. The van der Waals surface area contributed by atoms with Crippen LogP contribution in [0, 0.1) is 0 Å². The minimum atomic E-state index is 0.828. The zero-order chi connectivity index (χ0) is 8.27. The van der Waals surface area contributed by atoms with Gasteiger partial charge in [0.25, 0.3) is 0 Å². The molecule has 0 atom stereocenters. The summed E-state index contributed by atoms with van der Waals surface area (Å²) >= 11 is 8.87. The lowest BCUT2D eigenvalue weighted by atomic mass is 10.2. The van der Waals surface area contributed by atoms with Crippen LogP contribution in [0.25, 0.3) is 5.57 Å². The summed E-state index contributed by atoms with van der Waals surface area (Å²) in [6.45, 7) is 1.94. The van der Waals surface area contributed by atoms with Crippen LogP contribution >= 0.6 is 27.5 Å². The van der Waals surface area contributed by atoms with E-state index in [1.165, 1.54) is 0 Å². The van der Waals surface area contributed by atoms with Crippen molar-refractivity contribution in [2.45, 2.75) is 6.92 Å². The molecule has 0 aliphatic rings. The van der Waals surface area contributed by atoms with Crippen molar-refractivity contribution >= 4 is 33.1 Å². The van der Waals surface area contributed by atoms with Gasteiger partial charge in [-0.05, 0) is 34.5 Å². The van der Waals surface area contributed by atoms with Crippen LogP contribution in [0.2, 0.25) is 0 Å². The van der Waals surface area contributed by atoms with Gasteiger partial charge in [0.05, 0.1) is 0 Å². The Bertz CT molecular complexity index is 283. The molecule has 0 aliphatic carbocycles. The number of pyridine rings is 1. The lowest BCUT2D eigenvalue weighted by molar-refractivity contribution is 1.25. The van der Waals surface area contributed by atoms with Crippen LogP contribution in [0.5, 0.6) is 0 Å². The van der Waals surface area contributed by atoms with E-state index in [0.717, 1.165) is 15.7 Å². The van der Waals surface area contributed by atoms with E-state index in [-0.39, 0.29) is 0 Å². The smallest absolute Gasteiger partial charge is 0.113 e. The van der Waals surface area contributed by atoms with E-state index >= 15 is 0 Å². The monoisotopic (exact) mass is 231 g/mol. The molecule has 3 heteroatoms. The molecule has 0 aliphatic heterocycles. The van der Waals surface area contributed by atoms with E-state index in [2.05, 4.69) is 20.9 Å². The Labute approximate surface area is 79.2 Å². The third-order valence-electron chi connectivity index (χ3n) is 1.35. The van der Waals surface area contributed by atoms with Gasteiger partial charge in [-0.15, -0.1) is 0 Å². The summed E-state index contributed by atoms with van der Waals surface area (Å²) in [4.78, 5) is 4.07. The SMILES string of the molecule is C/C(=C/Cl)c1cccnc1Br. The summed E-state index contributed by atoms with van der Waals surface area (Å²) in [7, 11) is 0. The Balaban J connectivity index is 3.14. The second-order valence-electron chi connectivity index (χ2n) is 2.13. The topological polar surface area (TPSA) is 12.9 Å². The lowest BCUT2D eigenvalue weighted by Gasteiger charge is -2.00. The maximum atomic E-state index is 5.55. The minimum absolute atomic E-state index is 0.828. The molecule has 1 aromatic heterocycles. The first-order chi connectivity index (χ1) is 5.25. The van der Waals surface area contributed by atoms with E-state index < -0.39 is 0 Å². The average Bonchev–Trinajstić information content (AvgIpc) is 2.04. The van der Waals surface area contributed by atoms with Crippen LogP contribution in [0.1, 0.15) is 12.5 Å². The predicted molar refractivity (Wildman–Crippen MR) is 51.4 cm³/mol. The first kappa shape index (κ1) is 8.75. The Morgan fingerprint density at radius 2 is 2.45 bits per heavy atom. The van der Waals surface area contributed by atoms with Gasteiger partial charge in [-0.1, -0.05) is 17.7 Å². The third-order valence-corrected chi connectivity index (χ3v) is 2.31. The van der Waals surface area contributed by atoms with Gasteiger partial charge in [0.2, 0.25) is 0 Å². The number of rotatable bonds is 1. The fourth-order valence-corrected chi connectivity index (χ4v) is 1.42. The van der Waals surface area contributed by atoms with Crippen molar-refractivity contribution in [2.24, 2.45) is 0 Å².